The molecule has 1 aliphatic heterocycles. The lowest BCUT2D eigenvalue weighted by Crippen LogP contribution is -3.12. The Morgan fingerprint density at radius 2 is 1.86 bits per heavy atom. The van der Waals surface area contributed by atoms with Gasteiger partial charge in [0, 0.05) is 0 Å². The van der Waals surface area contributed by atoms with Crippen molar-refractivity contribution in [2.45, 2.75) is 0 Å². The Kier molecular flexibility index (Phi) is 4.07. The van der Waals surface area contributed by atoms with Crippen molar-refractivity contribution in [1.29, 1.82) is 0 Å². The summed E-state index contributed by atoms with van der Waals surface area (Å²) in [6.45, 7) is 4.05. The summed E-state index contributed by atoms with van der Waals surface area (Å²) in [4.78, 5) is 16.3. The first-order valence-electron chi connectivity index (χ1n) is 7.06. The Morgan fingerprint density at radius 3 is 2.52 bits per heavy atom. The number of quaternary nitrogens is 1. The number of halogens is 1. The van der Waals surface area contributed by atoms with Gasteiger partial charge >= 0.3 is 0 Å². The molecule has 2 heterocycles. The first-order chi connectivity index (χ1) is 10.2. The minimum Gasteiger partial charge on any atom is -0.358 e. The molecule has 1 aromatic heterocycles. The minimum absolute atomic E-state index is 0.120. The van der Waals surface area contributed by atoms with Gasteiger partial charge in [0.25, 0.3) is 5.56 Å². The Labute approximate surface area is 131 Å². The van der Waals surface area contributed by atoms with Crippen LogP contribution < -0.4 is 15.4 Å². The van der Waals surface area contributed by atoms with Crippen molar-refractivity contribution >= 4 is 21.6 Å². The Morgan fingerprint density at radius 1 is 1.19 bits per heavy atom. The molecule has 0 spiro atoms. The van der Waals surface area contributed by atoms with Crippen molar-refractivity contribution in [3.8, 4) is 5.69 Å². The van der Waals surface area contributed by atoms with E-state index in [2.05, 4.69) is 33.0 Å². The molecule has 1 aromatic carbocycles. The van der Waals surface area contributed by atoms with Crippen LogP contribution in [0.25, 0.3) is 5.69 Å². The molecule has 110 valence electrons. The maximum atomic E-state index is 12.5. The predicted molar refractivity (Wildman–Crippen MR) is 86.4 cm³/mol. The molecule has 21 heavy (non-hydrogen) atoms. The topological polar surface area (TPSA) is 42.6 Å². The van der Waals surface area contributed by atoms with Gasteiger partial charge in [0.15, 0.2) is 0 Å². The fraction of sp³-hybridized carbons (Fsp3) is 0.333. The second-order valence-corrected chi connectivity index (χ2v) is 6.13. The van der Waals surface area contributed by atoms with Gasteiger partial charge in [-0.15, -0.1) is 0 Å². The van der Waals surface area contributed by atoms with Crippen LogP contribution in [0.1, 0.15) is 0 Å². The second kappa shape index (κ2) is 5.99. The standard InChI is InChI=1S/C15H17BrN4O/c1-18-7-9-19(10-8-18)13-11-17-20(15(21)14(13)16)12-5-3-2-4-6-12/h2-6,11H,7-10H2,1H3/p+1. The zero-order chi connectivity index (χ0) is 14.8. The fourth-order valence-electron chi connectivity index (χ4n) is 2.53. The third-order valence-corrected chi connectivity index (χ3v) is 4.60. The SMILES string of the molecule is C[NH+]1CCN(c2cnn(-c3ccccc3)c(=O)c2Br)CC1. The molecule has 6 heteroatoms. The van der Waals surface area contributed by atoms with E-state index in [9.17, 15) is 4.79 Å². The van der Waals surface area contributed by atoms with Gasteiger partial charge in [-0.1, -0.05) is 18.2 Å². The summed E-state index contributed by atoms with van der Waals surface area (Å²) >= 11 is 3.46. The lowest BCUT2D eigenvalue weighted by Gasteiger charge is -2.31. The number of hydrogen-bond donors (Lipinski definition) is 1. The van der Waals surface area contributed by atoms with Gasteiger partial charge in [0.2, 0.25) is 0 Å². The highest BCUT2D eigenvalue weighted by Gasteiger charge is 2.21. The van der Waals surface area contributed by atoms with E-state index in [0.29, 0.717) is 4.47 Å². The van der Waals surface area contributed by atoms with E-state index in [1.54, 1.807) is 6.20 Å². The summed E-state index contributed by atoms with van der Waals surface area (Å²) in [5.41, 5.74) is 1.54. The van der Waals surface area contributed by atoms with Gasteiger partial charge < -0.3 is 9.80 Å². The molecule has 0 atom stereocenters. The van der Waals surface area contributed by atoms with Gasteiger partial charge in [0.05, 0.1) is 50.8 Å². The van der Waals surface area contributed by atoms with Crippen molar-refractivity contribution in [2.24, 2.45) is 0 Å². The second-order valence-electron chi connectivity index (χ2n) is 5.34. The van der Waals surface area contributed by atoms with Crippen LogP contribution in [0.5, 0.6) is 0 Å². The number of anilines is 1. The molecule has 1 aliphatic rings. The highest BCUT2D eigenvalue weighted by molar-refractivity contribution is 9.10. The zero-order valence-corrected chi connectivity index (χ0v) is 13.5. The zero-order valence-electron chi connectivity index (χ0n) is 11.9. The van der Waals surface area contributed by atoms with E-state index in [1.165, 1.54) is 9.58 Å². The van der Waals surface area contributed by atoms with Gasteiger partial charge in [-0.05, 0) is 28.1 Å². The van der Waals surface area contributed by atoms with Crippen LogP contribution in [0.3, 0.4) is 0 Å². The molecule has 3 rings (SSSR count). The van der Waals surface area contributed by atoms with E-state index in [-0.39, 0.29) is 5.56 Å². The number of piperazine rings is 1. The molecular formula is C15H18BrN4O+. The maximum absolute atomic E-state index is 12.5. The average Bonchev–Trinajstić information content (AvgIpc) is 2.52. The van der Waals surface area contributed by atoms with E-state index >= 15 is 0 Å². The Hall–Kier alpha value is -1.66. The number of likely N-dealkylation sites (N-methyl/N-ethyl adjacent to an activating group) is 1. The Balaban J connectivity index is 1.96. The monoisotopic (exact) mass is 349 g/mol. The molecule has 1 saturated heterocycles. The summed E-state index contributed by atoms with van der Waals surface area (Å²) in [7, 11) is 2.19. The molecule has 0 aliphatic carbocycles. The van der Waals surface area contributed by atoms with Crippen LogP contribution in [0.2, 0.25) is 0 Å². The molecule has 0 bridgehead atoms. The molecular weight excluding hydrogens is 332 g/mol. The molecule has 5 nitrogen and oxygen atoms in total. The number of aromatic nitrogens is 2. The van der Waals surface area contributed by atoms with Crippen LogP contribution in [0, 0.1) is 0 Å². The predicted octanol–water partition coefficient (Wildman–Crippen LogP) is 0.330. The quantitative estimate of drug-likeness (QED) is 0.849. The van der Waals surface area contributed by atoms with Crippen LogP contribution in [0.4, 0.5) is 5.69 Å². The fourth-order valence-corrected chi connectivity index (χ4v) is 3.05. The van der Waals surface area contributed by atoms with Crippen molar-refractivity contribution in [1.82, 2.24) is 9.78 Å². The summed E-state index contributed by atoms with van der Waals surface area (Å²) in [5.74, 6) is 0. The summed E-state index contributed by atoms with van der Waals surface area (Å²) in [5, 5.41) is 4.33. The minimum atomic E-state index is -0.120. The molecule has 0 radical (unpaired) electrons. The third kappa shape index (κ3) is 2.87. The average molecular weight is 350 g/mol. The molecule has 1 fully saturated rings. The number of para-hydroxylation sites is 1. The van der Waals surface area contributed by atoms with Gasteiger partial charge in [-0.2, -0.15) is 9.78 Å². The molecule has 0 saturated carbocycles. The normalized spacial score (nSPS) is 16.2. The number of benzene rings is 1. The van der Waals surface area contributed by atoms with Crippen LogP contribution in [-0.2, 0) is 0 Å². The van der Waals surface area contributed by atoms with E-state index in [4.69, 9.17) is 0 Å². The summed E-state index contributed by atoms with van der Waals surface area (Å²) < 4.78 is 2.01. The first-order valence-corrected chi connectivity index (χ1v) is 7.85. The van der Waals surface area contributed by atoms with Crippen molar-refractivity contribution in [2.75, 3.05) is 38.1 Å². The van der Waals surface area contributed by atoms with E-state index < -0.39 is 0 Å². The van der Waals surface area contributed by atoms with Crippen LogP contribution >= 0.6 is 15.9 Å². The van der Waals surface area contributed by atoms with Crippen LogP contribution in [0.15, 0.2) is 45.8 Å². The summed E-state index contributed by atoms with van der Waals surface area (Å²) in [6.07, 6.45) is 1.78. The molecule has 2 aromatic rings. The van der Waals surface area contributed by atoms with Crippen LogP contribution in [-0.4, -0.2) is 43.0 Å². The highest BCUT2D eigenvalue weighted by Crippen LogP contribution is 2.22. The number of nitrogens with zero attached hydrogens (tertiary/aromatic N) is 3. The highest BCUT2D eigenvalue weighted by atomic mass is 79.9. The molecule has 1 N–H and O–H groups in total. The molecule has 0 unspecified atom stereocenters. The van der Waals surface area contributed by atoms with Gasteiger partial charge in [0.1, 0.15) is 4.47 Å². The maximum Gasteiger partial charge on any atom is 0.287 e. The Bertz CT molecular complexity index is 678. The van der Waals surface area contributed by atoms with Crippen molar-refractivity contribution in [3.05, 3.63) is 51.4 Å². The lowest BCUT2D eigenvalue weighted by atomic mass is 10.3. The lowest BCUT2D eigenvalue weighted by molar-refractivity contribution is -0.880. The smallest absolute Gasteiger partial charge is 0.287 e. The van der Waals surface area contributed by atoms with Gasteiger partial charge in [-0.3, -0.25) is 4.79 Å². The van der Waals surface area contributed by atoms with E-state index in [1.807, 2.05) is 30.3 Å². The number of rotatable bonds is 2. The summed E-state index contributed by atoms with van der Waals surface area (Å²) in [6, 6.07) is 9.47. The molecule has 0 amide bonds. The van der Waals surface area contributed by atoms with E-state index in [0.717, 1.165) is 37.6 Å². The number of nitrogens with one attached hydrogen (secondary N) is 1. The largest absolute Gasteiger partial charge is 0.358 e. The van der Waals surface area contributed by atoms with Crippen molar-refractivity contribution in [3.63, 3.8) is 0 Å². The third-order valence-electron chi connectivity index (χ3n) is 3.86. The first kappa shape index (κ1) is 14.3. The number of hydrogen-bond acceptors (Lipinski definition) is 3. The van der Waals surface area contributed by atoms with Gasteiger partial charge in [-0.25, -0.2) is 0 Å². The van der Waals surface area contributed by atoms with Crippen molar-refractivity contribution < 1.29 is 4.90 Å².